The van der Waals surface area contributed by atoms with E-state index in [4.69, 9.17) is 0 Å². The van der Waals surface area contributed by atoms with Gasteiger partial charge in [-0.15, -0.1) is 0 Å². The molecule has 1 amide bonds. The quantitative estimate of drug-likeness (QED) is 0.792. The largest absolute Gasteiger partial charge is 0.280 e. The van der Waals surface area contributed by atoms with Crippen molar-refractivity contribution in [1.29, 1.82) is 0 Å². The normalized spacial score (nSPS) is 18.1. The Balaban J connectivity index is 1.85. The van der Waals surface area contributed by atoms with E-state index >= 15 is 0 Å². The standard InChI is InChI=1S/C17H16N4O/c1-12-8-6-7-11-15(12)21-17(22)16(13(2)20-21)19-18-14-9-4-3-5-10-14/h3-11,16H,1-2H3/t16-/m1/s1. The summed E-state index contributed by atoms with van der Waals surface area (Å²) in [6, 6.07) is 16.3. The van der Waals surface area contributed by atoms with Gasteiger partial charge in [0.25, 0.3) is 5.91 Å². The highest BCUT2D eigenvalue weighted by Crippen LogP contribution is 2.26. The summed E-state index contributed by atoms with van der Waals surface area (Å²) in [7, 11) is 0. The monoisotopic (exact) mass is 292 g/mol. The zero-order valence-electron chi connectivity index (χ0n) is 12.5. The molecule has 2 aromatic carbocycles. The van der Waals surface area contributed by atoms with E-state index in [2.05, 4.69) is 15.3 Å². The van der Waals surface area contributed by atoms with Gasteiger partial charge >= 0.3 is 0 Å². The Kier molecular flexibility index (Phi) is 3.78. The topological polar surface area (TPSA) is 57.4 Å². The van der Waals surface area contributed by atoms with Crippen LogP contribution in [0.3, 0.4) is 0 Å². The third kappa shape index (κ3) is 2.65. The lowest BCUT2D eigenvalue weighted by molar-refractivity contribution is -0.117. The van der Waals surface area contributed by atoms with Gasteiger partial charge in [0.1, 0.15) is 0 Å². The van der Waals surface area contributed by atoms with Crippen molar-refractivity contribution in [3.63, 3.8) is 0 Å². The smallest absolute Gasteiger partial charge is 0.269 e. The number of hydrogen-bond donors (Lipinski definition) is 0. The number of azo groups is 1. The Bertz CT molecular complexity index is 752. The summed E-state index contributed by atoms with van der Waals surface area (Å²) in [5, 5.41) is 14.1. The van der Waals surface area contributed by atoms with Crippen molar-refractivity contribution in [3.05, 3.63) is 60.2 Å². The number of rotatable bonds is 3. The predicted octanol–water partition coefficient (Wildman–Crippen LogP) is 3.87. The van der Waals surface area contributed by atoms with Crippen LogP contribution in [0, 0.1) is 6.92 Å². The van der Waals surface area contributed by atoms with Crippen molar-refractivity contribution >= 4 is 23.0 Å². The molecule has 0 N–H and O–H groups in total. The van der Waals surface area contributed by atoms with Gasteiger partial charge in [0.15, 0.2) is 6.04 Å². The molecule has 5 heteroatoms. The highest BCUT2D eigenvalue weighted by atomic mass is 16.2. The summed E-state index contributed by atoms with van der Waals surface area (Å²) in [5.74, 6) is -0.175. The van der Waals surface area contributed by atoms with Crippen molar-refractivity contribution in [2.24, 2.45) is 15.3 Å². The Morgan fingerprint density at radius 1 is 1.00 bits per heavy atom. The van der Waals surface area contributed by atoms with Gasteiger partial charge in [-0.05, 0) is 37.6 Å². The summed E-state index contributed by atoms with van der Waals surface area (Å²) < 4.78 is 0. The lowest BCUT2D eigenvalue weighted by atomic mass is 10.1. The maximum absolute atomic E-state index is 12.5. The molecular formula is C17H16N4O. The molecule has 2 aromatic rings. The Hall–Kier alpha value is -2.82. The summed E-state index contributed by atoms with van der Waals surface area (Å²) in [4.78, 5) is 12.5. The van der Waals surface area contributed by atoms with Crippen LogP contribution in [-0.4, -0.2) is 17.7 Å². The molecule has 0 spiro atoms. The first-order valence-corrected chi connectivity index (χ1v) is 7.07. The van der Waals surface area contributed by atoms with Crippen LogP contribution < -0.4 is 5.01 Å². The third-order valence-corrected chi connectivity index (χ3v) is 3.48. The fourth-order valence-electron chi connectivity index (χ4n) is 2.28. The molecule has 3 rings (SSSR count). The molecule has 0 unspecified atom stereocenters. The first kappa shape index (κ1) is 14.1. The fraction of sp³-hybridized carbons (Fsp3) is 0.176. The van der Waals surface area contributed by atoms with Gasteiger partial charge < -0.3 is 0 Å². The molecule has 0 bridgehead atoms. The van der Waals surface area contributed by atoms with E-state index < -0.39 is 6.04 Å². The number of anilines is 1. The third-order valence-electron chi connectivity index (χ3n) is 3.48. The molecular weight excluding hydrogens is 276 g/mol. The maximum atomic E-state index is 12.5. The van der Waals surface area contributed by atoms with E-state index in [9.17, 15) is 4.79 Å². The van der Waals surface area contributed by atoms with Crippen molar-refractivity contribution in [3.8, 4) is 0 Å². The number of para-hydroxylation sites is 1. The van der Waals surface area contributed by atoms with Gasteiger partial charge in [-0.1, -0.05) is 36.4 Å². The van der Waals surface area contributed by atoms with Gasteiger partial charge in [0.2, 0.25) is 0 Å². The minimum absolute atomic E-state index is 0.175. The second-order valence-corrected chi connectivity index (χ2v) is 5.13. The molecule has 0 radical (unpaired) electrons. The van der Waals surface area contributed by atoms with E-state index in [-0.39, 0.29) is 5.91 Å². The van der Waals surface area contributed by atoms with Crippen LogP contribution in [0.25, 0.3) is 0 Å². The number of carbonyl (C=O) groups is 1. The van der Waals surface area contributed by atoms with Crippen molar-refractivity contribution in [2.45, 2.75) is 19.9 Å². The molecule has 1 aliphatic heterocycles. The fourth-order valence-corrected chi connectivity index (χ4v) is 2.28. The van der Waals surface area contributed by atoms with Gasteiger partial charge in [-0.25, -0.2) is 0 Å². The molecule has 0 aromatic heterocycles. The Morgan fingerprint density at radius 2 is 1.68 bits per heavy atom. The molecule has 1 aliphatic rings. The maximum Gasteiger partial charge on any atom is 0.280 e. The number of benzene rings is 2. The zero-order valence-corrected chi connectivity index (χ0v) is 12.5. The van der Waals surface area contributed by atoms with Crippen LogP contribution in [0.1, 0.15) is 12.5 Å². The van der Waals surface area contributed by atoms with E-state index in [1.54, 1.807) is 6.92 Å². The second kappa shape index (κ2) is 5.89. The lowest BCUT2D eigenvalue weighted by Gasteiger charge is -2.14. The van der Waals surface area contributed by atoms with Crippen LogP contribution in [0.4, 0.5) is 11.4 Å². The minimum atomic E-state index is -0.653. The van der Waals surface area contributed by atoms with Crippen LogP contribution in [0.5, 0.6) is 0 Å². The molecule has 1 atom stereocenters. The average molecular weight is 292 g/mol. The number of hydrazone groups is 1. The lowest BCUT2D eigenvalue weighted by Crippen LogP contribution is -2.30. The number of carbonyl (C=O) groups excluding carboxylic acids is 1. The van der Waals surface area contributed by atoms with E-state index in [0.29, 0.717) is 5.71 Å². The van der Waals surface area contributed by atoms with Crippen LogP contribution in [0.2, 0.25) is 0 Å². The molecule has 0 fully saturated rings. The summed E-state index contributed by atoms with van der Waals surface area (Å²) in [6.45, 7) is 3.75. The molecule has 5 nitrogen and oxygen atoms in total. The van der Waals surface area contributed by atoms with E-state index in [1.165, 1.54) is 5.01 Å². The van der Waals surface area contributed by atoms with Gasteiger partial charge in [0.05, 0.1) is 17.1 Å². The van der Waals surface area contributed by atoms with Crippen LogP contribution in [-0.2, 0) is 4.79 Å². The SMILES string of the molecule is CC1=NN(c2ccccc2C)C(=O)[C@@H]1N=Nc1ccccc1. The molecule has 0 aliphatic carbocycles. The van der Waals surface area contributed by atoms with Gasteiger partial charge in [0, 0.05) is 0 Å². The Morgan fingerprint density at radius 3 is 2.41 bits per heavy atom. The molecule has 22 heavy (non-hydrogen) atoms. The summed E-state index contributed by atoms with van der Waals surface area (Å²) in [6.07, 6.45) is 0. The molecule has 1 heterocycles. The molecule has 0 saturated carbocycles. The number of hydrogen-bond acceptors (Lipinski definition) is 4. The van der Waals surface area contributed by atoms with Crippen LogP contribution >= 0.6 is 0 Å². The highest BCUT2D eigenvalue weighted by molar-refractivity contribution is 6.18. The number of amides is 1. The van der Waals surface area contributed by atoms with E-state index in [0.717, 1.165) is 16.9 Å². The number of aryl methyl sites for hydroxylation is 1. The minimum Gasteiger partial charge on any atom is -0.269 e. The van der Waals surface area contributed by atoms with Crippen molar-refractivity contribution < 1.29 is 4.79 Å². The second-order valence-electron chi connectivity index (χ2n) is 5.13. The predicted molar refractivity (Wildman–Crippen MR) is 86.5 cm³/mol. The van der Waals surface area contributed by atoms with Gasteiger partial charge in [-0.3, -0.25) is 4.79 Å². The average Bonchev–Trinajstić information content (AvgIpc) is 2.81. The molecule has 110 valence electrons. The first-order chi connectivity index (χ1) is 10.7. The van der Waals surface area contributed by atoms with E-state index in [1.807, 2.05) is 61.5 Å². The first-order valence-electron chi connectivity index (χ1n) is 7.07. The zero-order chi connectivity index (χ0) is 15.5. The summed E-state index contributed by atoms with van der Waals surface area (Å²) >= 11 is 0. The van der Waals surface area contributed by atoms with Crippen molar-refractivity contribution in [1.82, 2.24) is 0 Å². The highest BCUT2D eigenvalue weighted by Gasteiger charge is 2.35. The van der Waals surface area contributed by atoms with Crippen LogP contribution in [0.15, 0.2) is 69.9 Å². The van der Waals surface area contributed by atoms with Crippen molar-refractivity contribution in [2.75, 3.05) is 5.01 Å². The van der Waals surface area contributed by atoms with Gasteiger partial charge in [-0.2, -0.15) is 20.3 Å². The Labute approximate surface area is 129 Å². The number of nitrogens with zero attached hydrogens (tertiary/aromatic N) is 4. The molecule has 0 saturated heterocycles. The summed E-state index contributed by atoms with van der Waals surface area (Å²) in [5.41, 5.74) is 3.14.